The standard InChI is InChI=1S/C16H16FNO2/c1-12(18-19)5-6-13-3-2-4-16(11-13)20-15-9-7-14(17)8-10-15/h2-12,18-19H,1H3. The van der Waals surface area contributed by atoms with Gasteiger partial charge in [-0.2, -0.15) is 5.48 Å². The van der Waals surface area contributed by atoms with E-state index in [-0.39, 0.29) is 11.9 Å². The van der Waals surface area contributed by atoms with Gasteiger partial charge in [-0.1, -0.05) is 24.3 Å². The highest BCUT2D eigenvalue weighted by molar-refractivity contribution is 5.52. The molecule has 0 aliphatic heterocycles. The molecule has 0 aliphatic carbocycles. The van der Waals surface area contributed by atoms with E-state index in [4.69, 9.17) is 9.94 Å². The first-order valence-electron chi connectivity index (χ1n) is 6.28. The summed E-state index contributed by atoms with van der Waals surface area (Å²) in [6.07, 6.45) is 3.71. The summed E-state index contributed by atoms with van der Waals surface area (Å²) in [7, 11) is 0. The van der Waals surface area contributed by atoms with Gasteiger partial charge in [-0.25, -0.2) is 4.39 Å². The maximum atomic E-state index is 12.8. The molecule has 2 rings (SSSR count). The second-order valence-electron chi connectivity index (χ2n) is 4.41. The molecule has 104 valence electrons. The largest absolute Gasteiger partial charge is 0.457 e. The van der Waals surface area contributed by atoms with Crippen molar-refractivity contribution in [2.24, 2.45) is 0 Å². The molecule has 4 heteroatoms. The SMILES string of the molecule is CC(C=Cc1cccc(Oc2ccc(F)cc2)c1)NO. The molecular weight excluding hydrogens is 257 g/mol. The summed E-state index contributed by atoms with van der Waals surface area (Å²) in [5, 5.41) is 8.73. The molecule has 2 aromatic rings. The summed E-state index contributed by atoms with van der Waals surface area (Å²) in [6, 6.07) is 13.2. The Morgan fingerprint density at radius 3 is 2.60 bits per heavy atom. The highest BCUT2D eigenvalue weighted by Gasteiger charge is 1.99. The zero-order valence-corrected chi connectivity index (χ0v) is 11.1. The fourth-order valence-corrected chi connectivity index (χ4v) is 1.62. The van der Waals surface area contributed by atoms with Gasteiger partial charge in [0.05, 0.1) is 0 Å². The summed E-state index contributed by atoms with van der Waals surface area (Å²) in [5.41, 5.74) is 3.09. The van der Waals surface area contributed by atoms with E-state index >= 15 is 0 Å². The van der Waals surface area contributed by atoms with Crippen molar-refractivity contribution in [2.45, 2.75) is 13.0 Å². The van der Waals surface area contributed by atoms with E-state index in [9.17, 15) is 4.39 Å². The van der Waals surface area contributed by atoms with Crippen molar-refractivity contribution in [3.05, 3.63) is 66.0 Å². The third kappa shape index (κ3) is 4.19. The number of rotatable bonds is 5. The van der Waals surface area contributed by atoms with Crippen LogP contribution in [0.15, 0.2) is 54.6 Å². The lowest BCUT2D eigenvalue weighted by molar-refractivity contribution is 0.150. The van der Waals surface area contributed by atoms with Gasteiger partial charge in [-0.05, 0) is 48.9 Å². The van der Waals surface area contributed by atoms with Crippen molar-refractivity contribution >= 4 is 6.08 Å². The van der Waals surface area contributed by atoms with Crippen LogP contribution in [0.5, 0.6) is 11.5 Å². The number of hydrogen-bond donors (Lipinski definition) is 2. The molecule has 0 amide bonds. The fraction of sp³-hybridized carbons (Fsp3) is 0.125. The van der Waals surface area contributed by atoms with Crippen LogP contribution in [0.3, 0.4) is 0 Å². The van der Waals surface area contributed by atoms with Crippen LogP contribution in [0, 0.1) is 5.82 Å². The van der Waals surface area contributed by atoms with Crippen LogP contribution in [0.4, 0.5) is 4.39 Å². The maximum absolute atomic E-state index is 12.8. The predicted molar refractivity (Wildman–Crippen MR) is 76.3 cm³/mol. The Morgan fingerprint density at radius 2 is 1.90 bits per heavy atom. The van der Waals surface area contributed by atoms with E-state index < -0.39 is 0 Å². The van der Waals surface area contributed by atoms with E-state index in [1.165, 1.54) is 12.1 Å². The first kappa shape index (κ1) is 14.2. The monoisotopic (exact) mass is 273 g/mol. The van der Waals surface area contributed by atoms with Gasteiger partial charge in [0.15, 0.2) is 0 Å². The molecule has 1 unspecified atom stereocenters. The Morgan fingerprint density at radius 1 is 1.15 bits per heavy atom. The summed E-state index contributed by atoms with van der Waals surface area (Å²) >= 11 is 0. The van der Waals surface area contributed by atoms with Crippen molar-refractivity contribution in [1.82, 2.24) is 5.48 Å². The molecule has 0 saturated carbocycles. The number of hydroxylamine groups is 1. The Hall–Kier alpha value is -2.17. The van der Waals surface area contributed by atoms with Crippen LogP contribution >= 0.6 is 0 Å². The van der Waals surface area contributed by atoms with Crippen LogP contribution in [0.1, 0.15) is 12.5 Å². The average molecular weight is 273 g/mol. The molecule has 0 bridgehead atoms. The molecule has 3 nitrogen and oxygen atoms in total. The molecule has 20 heavy (non-hydrogen) atoms. The van der Waals surface area contributed by atoms with Crippen molar-refractivity contribution in [3.8, 4) is 11.5 Å². The van der Waals surface area contributed by atoms with E-state index in [1.54, 1.807) is 12.1 Å². The van der Waals surface area contributed by atoms with Crippen LogP contribution in [-0.2, 0) is 0 Å². The van der Waals surface area contributed by atoms with Gasteiger partial charge in [-0.15, -0.1) is 0 Å². The molecule has 0 radical (unpaired) electrons. The molecule has 0 heterocycles. The van der Waals surface area contributed by atoms with Gasteiger partial charge in [0, 0.05) is 6.04 Å². The van der Waals surface area contributed by atoms with Gasteiger partial charge >= 0.3 is 0 Å². The van der Waals surface area contributed by atoms with E-state index in [0.29, 0.717) is 11.5 Å². The van der Waals surface area contributed by atoms with Gasteiger partial charge in [0.1, 0.15) is 17.3 Å². The van der Waals surface area contributed by atoms with E-state index in [2.05, 4.69) is 5.48 Å². The van der Waals surface area contributed by atoms with E-state index in [0.717, 1.165) is 5.56 Å². The van der Waals surface area contributed by atoms with Crippen LogP contribution in [-0.4, -0.2) is 11.2 Å². The minimum absolute atomic E-state index is 0.128. The van der Waals surface area contributed by atoms with Crippen LogP contribution in [0.25, 0.3) is 6.08 Å². The third-order valence-corrected chi connectivity index (χ3v) is 2.69. The Kier molecular flexibility index (Phi) is 4.87. The minimum atomic E-state index is -0.292. The Labute approximate surface area is 117 Å². The van der Waals surface area contributed by atoms with Crippen molar-refractivity contribution in [1.29, 1.82) is 0 Å². The lowest BCUT2D eigenvalue weighted by atomic mass is 10.2. The minimum Gasteiger partial charge on any atom is -0.457 e. The molecule has 0 aliphatic rings. The Bertz CT molecular complexity index is 581. The van der Waals surface area contributed by atoms with Crippen molar-refractivity contribution in [2.75, 3.05) is 0 Å². The smallest absolute Gasteiger partial charge is 0.128 e. The quantitative estimate of drug-likeness (QED) is 0.809. The lowest BCUT2D eigenvalue weighted by Crippen LogP contribution is -2.18. The van der Waals surface area contributed by atoms with Gasteiger partial charge < -0.3 is 9.94 Å². The Balaban J connectivity index is 2.09. The molecule has 0 spiro atoms. The summed E-state index contributed by atoms with van der Waals surface area (Å²) in [5.74, 6) is 0.959. The number of ether oxygens (including phenoxy) is 1. The maximum Gasteiger partial charge on any atom is 0.128 e. The second kappa shape index (κ2) is 6.84. The topological polar surface area (TPSA) is 41.5 Å². The highest BCUT2D eigenvalue weighted by atomic mass is 19.1. The van der Waals surface area contributed by atoms with Crippen LogP contribution < -0.4 is 10.2 Å². The average Bonchev–Trinajstić information content (AvgIpc) is 2.47. The summed E-state index contributed by atoms with van der Waals surface area (Å²) in [6.45, 7) is 1.83. The van der Waals surface area contributed by atoms with Gasteiger partial charge in [0.25, 0.3) is 0 Å². The number of nitrogens with one attached hydrogen (secondary N) is 1. The third-order valence-electron chi connectivity index (χ3n) is 2.69. The lowest BCUT2D eigenvalue weighted by Gasteiger charge is -2.06. The first-order chi connectivity index (χ1) is 9.67. The second-order valence-corrected chi connectivity index (χ2v) is 4.41. The fourth-order valence-electron chi connectivity index (χ4n) is 1.62. The summed E-state index contributed by atoms with van der Waals surface area (Å²) < 4.78 is 18.4. The molecule has 0 fully saturated rings. The normalized spacial score (nSPS) is 12.6. The molecule has 2 aromatic carbocycles. The number of halogens is 1. The first-order valence-corrected chi connectivity index (χ1v) is 6.28. The van der Waals surface area contributed by atoms with Crippen molar-refractivity contribution < 1.29 is 14.3 Å². The number of hydrogen-bond acceptors (Lipinski definition) is 3. The number of benzene rings is 2. The highest BCUT2D eigenvalue weighted by Crippen LogP contribution is 2.22. The molecule has 0 saturated heterocycles. The molecule has 2 N–H and O–H groups in total. The van der Waals surface area contributed by atoms with Crippen molar-refractivity contribution in [3.63, 3.8) is 0 Å². The zero-order valence-electron chi connectivity index (χ0n) is 11.1. The van der Waals surface area contributed by atoms with Crippen LogP contribution in [0.2, 0.25) is 0 Å². The van der Waals surface area contributed by atoms with E-state index in [1.807, 2.05) is 43.3 Å². The molecule has 1 atom stereocenters. The molecule has 0 aromatic heterocycles. The molecular formula is C16H16FNO2. The zero-order chi connectivity index (χ0) is 14.4. The summed E-state index contributed by atoms with van der Waals surface area (Å²) in [4.78, 5) is 0. The predicted octanol–water partition coefficient (Wildman–Crippen LogP) is 4.00. The van der Waals surface area contributed by atoms with Gasteiger partial charge in [0.2, 0.25) is 0 Å². The van der Waals surface area contributed by atoms with Gasteiger partial charge in [-0.3, -0.25) is 0 Å².